The van der Waals surface area contributed by atoms with Crippen molar-refractivity contribution < 1.29 is 13.2 Å². The van der Waals surface area contributed by atoms with Gasteiger partial charge in [-0.15, -0.1) is 22.7 Å². The summed E-state index contributed by atoms with van der Waals surface area (Å²) in [5, 5.41) is 8.12. The molecule has 2 aromatic rings. The van der Waals surface area contributed by atoms with Gasteiger partial charge in [0, 0.05) is 51.6 Å². The van der Waals surface area contributed by atoms with E-state index in [4.69, 9.17) is 0 Å². The van der Waals surface area contributed by atoms with Crippen LogP contribution in [0, 0.1) is 0 Å². The smallest absolute Gasteiger partial charge is 0.360 e. The molecule has 1 N–H and O–H groups in total. The van der Waals surface area contributed by atoms with Gasteiger partial charge in [0.2, 0.25) is 0 Å². The van der Waals surface area contributed by atoms with E-state index in [0.717, 1.165) is 48.9 Å². The van der Waals surface area contributed by atoms with Crippen LogP contribution >= 0.6 is 22.7 Å². The first-order valence-corrected chi connectivity index (χ1v) is 9.99. The average Bonchev–Trinajstić information content (AvgIpc) is 3.30. The van der Waals surface area contributed by atoms with Gasteiger partial charge in [0.15, 0.2) is 11.7 Å². The molecule has 3 heterocycles. The van der Waals surface area contributed by atoms with Crippen LogP contribution in [0.15, 0.2) is 27.9 Å². The number of hydrogen-bond donors (Lipinski definition) is 1. The van der Waals surface area contributed by atoms with Gasteiger partial charge in [0.1, 0.15) is 0 Å². The van der Waals surface area contributed by atoms with E-state index in [1.165, 1.54) is 5.00 Å². The van der Waals surface area contributed by atoms with E-state index in [1.54, 1.807) is 18.4 Å². The third kappa shape index (κ3) is 4.67. The highest BCUT2D eigenvalue weighted by atomic mass is 32.1. The number of aliphatic imine (C=N–C) groups is 1. The lowest BCUT2D eigenvalue weighted by Gasteiger charge is -2.37. The lowest BCUT2D eigenvalue weighted by atomic mass is 10.3. The molecular weight excluding hydrogens is 383 g/mol. The molecule has 0 aliphatic carbocycles. The molecule has 1 fully saturated rings. The Kier molecular flexibility index (Phi) is 6.02. The maximum atomic E-state index is 12.6. The standard InChI is InChI=1S/C16H20F3N5S2/c1-20-15(21-5-4-13-22-12(11-26-13)16(17,18)19)24-8-6-23(7-9-24)14-3-2-10-25-14/h2-3,10-11H,4-9H2,1H3,(H,20,21). The van der Waals surface area contributed by atoms with Gasteiger partial charge in [-0.05, 0) is 17.5 Å². The fourth-order valence-electron chi connectivity index (χ4n) is 2.76. The summed E-state index contributed by atoms with van der Waals surface area (Å²) in [6.07, 6.45) is -3.94. The molecule has 3 rings (SSSR count). The molecule has 5 nitrogen and oxygen atoms in total. The summed E-state index contributed by atoms with van der Waals surface area (Å²) in [5.74, 6) is 0.781. The normalized spacial score (nSPS) is 16.2. The zero-order chi connectivity index (χ0) is 18.6. The van der Waals surface area contributed by atoms with E-state index < -0.39 is 11.9 Å². The molecule has 0 atom stereocenters. The Labute approximate surface area is 158 Å². The number of nitrogens with zero attached hydrogens (tertiary/aromatic N) is 4. The lowest BCUT2D eigenvalue weighted by Crippen LogP contribution is -2.52. The van der Waals surface area contributed by atoms with Crippen molar-refractivity contribution in [2.45, 2.75) is 12.6 Å². The number of guanidine groups is 1. The monoisotopic (exact) mass is 403 g/mol. The molecular formula is C16H20F3N5S2. The van der Waals surface area contributed by atoms with Crippen molar-refractivity contribution in [3.8, 4) is 0 Å². The molecule has 0 amide bonds. The minimum Gasteiger partial charge on any atom is -0.360 e. The SMILES string of the molecule is CN=C(NCCc1nc(C(F)(F)F)cs1)N1CCN(c2cccs2)CC1. The minimum atomic E-state index is -4.37. The Hall–Kier alpha value is -1.81. The molecule has 26 heavy (non-hydrogen) atoms. The Morgan fingerprint density at radius 2 is 2.04 bits per heavy atom. The molecule has 1 aliphatic heterocycles. The number of aromatic nitrogens is 1. The molecule has 1 aliphatic rings. The summed E-state index contributed by atoms with van der Waals surface area (Å²) in [6.45, 7) is 4.05. The number of piperazine rings is 1. The number of nitrogens with one attached hydrogen (secondary N) is 1. The zero-order valence-electron chi connectivity index (χ0n) is 14.3. The molecule has 0 aromatic carbocycles. The Morgan fingerprint density at radius 1 is 1.27 bits per heavy atom. The van der Waals surface area contributed by atoms with Crippen molar-refractivity contribution in [3.63, 3.8) is 0 Å². The van der Waals surface area contributed by atoms with Gasteiger partial charge in [-0.3, -0.25) is 4.99 Å². The summed E-state index contributed by atoms with van der Waals surface area (Å²) in [6, 6.07) is 4.17. The fraction of sp³-hybridized carbons (Fsp3) is 0.500. The Morgan fingerprint density at radius 3 is 2.62 bits per heavy atom. The zero-order valence-corrected chi connectivity index (χ0v) is 15.9. The van der Waals surface area contributed by atoms with E-state index in [1.807, 2.05) is 0 Å². The van der Waals surface area contributed by atoms with Gasteiger partial charge in [-0.25, -0.2) is 4.98 Å². The van der Waals surface area contributed by atoms with Crippen molar-refractivity contribution in [2.24, 2.45) is 4.99 Å². The van der Waals surface area contributed by atoms with Crippen LogP contribution in [0.2, 0.25) is 0 Å². The average molecular weight is 403 g/mol. The molecule has 2 aromatic heterocycles. The predicted octanol–water partition coefficient (Wildman–Crippen LogP) is 3.16. The van der Waals surface area contributed by atoms with Gasteiger partial charge in [0.25, 0.3) is 0 Å². The summed E-state index contributed by atoms with van der Waals surface area (Å²) in [7, 11) is 1.72. The second kappa shape index (κ2) is 8.26. The number of thiophene rings is 1. The van der Waals surface area contributed by atoms with Crippen molar-refractivity contribution in [2.75, 3.05) is 44.7 Å². The number of rotatable bonds is 4. The number of hydrogen-bond acceptors (Lipinski definition) is 5. The van der Waals surface area contributed by atoms with Crippen molar-refractivity contribution >= 4 is 33.6 Å². The highest BCUT2D eigenvalue weighted by Gasteiger charge is 2.33. The van der Waals surface area contributed by atoms with Crippen LogP contribution in [0.4, 0.5) is 18.2 Å². The molecule has 1 saturated heterocycles. The number of thiazole rings is 1. The predicted molar refractivity (Wildman–Crippen MR) is 100 cm³/mol. The van der Waals surface area contributed by atoms with Crippen LogP contribution in [0.1, 0.15) is 10.7 Å². The molecule has 0 saturated carbocycles. The van der Waals surface area contributed by atoms with Gasteiger partial charge < -0.3 is 15.1 Å². The summed E-state index contributed by atoms with van der Waals surface area (Å²) >= 11 is 2.78. The Balaban J connectivity index is 1.46. The summed E-state index contributed by atoms with van der Waals surface area (Å²) in [5.41, 5.74) is -0.813. The van der Waals surface area contributed by atoms with Gasteiger partial charge in [-0.1, -0.05) is 0 Å². The van der Waals surface area contributed by atoms with Crippen LogP contribution in [0.25, 0.3) is 0 Å². The molecule has 0 bridgehead atoms. The van der Waals surface area contributed by atoms with E-state index >= 15 is 0 Å². The third-order valence-corrected chi connectivity index (χ3v) is 5.91. The number of halogens is 3. The molecule has 10 heteroatoms. The number of alkyl halides is 3. The lowest BCUT2D eigenvalue weighted by molar-refractivity contribution is -0.140. The van der Waals surface area contributed by atoms with Crippen LogP contribution < -0.4 is 10.2 Å². The molecule has 0 radical (unpaired) electrons. The topological polar surface area (TPSA) is 43.8 Å². The maximum Gasteiger partial charge on any atom is 0.434 e. The van der Waals surface area contributed by atoms with Gasteiger partial charge >= 0.3 is 6.18 Å². The second-order valence-corrected chi connectivity index (χ2v) is 7.64. The van der Waals surface area contributed by atoms with E-state index in [2.05, 4.69) is 42.6 Å². The van der Waals surface area contributed by atoms with Crippen LogP contribution in [0.5, 0.6) is 0 Å². The van der Waals surface area contributed by atoms with Crippen LogP contribution in [-0.4, -0.2) is 55.6 Å². The van der Waals surface area contributed by atoms with E-state index in [-0.39, 0.29) is 0 Å². The molecule has 0 spiro atoms. The first-order valence-electron chi connectivity index (χ1n) is 8.23. The van der Waals surface area contributed by atoms with E-state index in [0.29, 0.717) is 18.0 Å². The van der Waals surface area contributed by atoms with Gasteiger partial charge in [0.05, 0.1) is 10.0 Å². The first-order chi connectivity index (χ1) is 12.5. The molecule has 0 unspecified atom stereocenters. The summed E-state index contributed by atoms with van der Waals surface area (Å²) in [4.78, 5) is 12.5. The molecule has 142 valence electrons. The second-order valence-electron chi connectivity index (χ2n) is 5.77. The van der Waals surface area contributed by atoms with Crippen molar-refractivity contribution in [3.05, 3.63) is 33.6 Å². The number of anilines is 1. The van der Waals surface area contributed by atoms with Crippen molar-refractivity contribution in [1.82, 2.24) is 15.2 Å². The van der Waals surface area contributed by atoms with Crippen LogP contribution in [0.3, 0.4) is 0 Å². The summed E-state index contributed by atoms with van der Waals surface area (Å²) < 4.78 is 37.7. The maximum absolute atomic E-state index is 12.6. The largest absolute Gasteiger partial charge is 0.434 e. The highest BCUT2D eigenvalue weighted by Crippen LogP contribution is 2.30. The minimum absolute atomic E-state index is 0.439. The van der Waals surface area contributed by atoms with Gasteiger partial charge in [-0.2, -0.15) is 13.2 Å². The quantitative estimate of drug-likeness (QED) is 0.629. The first kappa shape index (κ1) is 19.0. The van der Waals surface area contributed by atoms with Crippen LogP contribution in [-0.2, 0) is 12.6 Å². The fourth-order valence-corrected chi connectivity index (χ4v) is 4.35. The highest BCUT2D eigenvalue weighted by molar-refractivity contribution is 7.14. The van der Waals surface area contributed by atoms with Crippen molar-refractivity contribution in [1.29, 1.82) is 0 Å². The third-order valence-electron chi connectivity index (χ3n) is 4.07. The van der Waals surface area contributed by atoms with E-state index in [9.17, 15) is 13.2 Å². The Bertz CT molecular complexity index is 719.